The first kappa shape index (κ1) is 15.1. The van der Waals surface area contributed by atoms with Gasteiger partial charge in [0.05, 0.1) is 16.6 Å². The predicted octanol–water partition coefficient (Wildman–Crippen LogP) is 3.12. The molecule has 24 heavy (non-hydrogen) atoms. The molecule has 1 amide bonds. The van der Waals surface area contributed by atoms with E-state index < -0.39 is 0 Å². The molecule has 1 atom stereocenters. The van der Waals surface area contributed by atoms with Crippen LogP contribution in [0.5, 0.6) is 0 Å². The van der Waals surface area contributed by atoms with E-state index in [-0.39, 0.29) is 11.9 Å². The second kappa shape index (κ2) is 6.24. The highest BCUT2D eigenvalue weighted by molar-refractivity contribution is 7.15. The second-order valence-electron chi connectivity index (χ2n) is 6.11. The molecule has 3 aromatic rings. The highest BCUT2D eigenvalue weighted by atomic mass is 32.1. The molecule has 1 saturated heterocycles. The summed E-state index contributed by atoms with van der Waals surface area (Å²) in [5.41, 5.74) is 1.38. The Morgan fingerprint density at radius 3 is 3.08 bits per heavy atom. The number of aromatic amines is 1. The van der Waals surface area contributed by atoms with Crippen molar-refractivity contribution < 1.29 is 4.79 Å². The number of rotatable bonds is 3. The number of aromatic nitrogens is 4. The molecule has 0 unspecified atom stereocenters. The third-order valence-electron chi connectivity index (χ3n) is 4.39. The number of nitrogens with zero attached hydrogens (tertiary/aromatic N) is 4. The molecule has 3 aromatic heterocycles. The summed E-state index contributed by atoms with van der Waals surface area (Å²) in [6.07, 6.45) is 5.78. The minimum atomic E-state index is -0.0114. The van der Waals surface area contributed by atoms with E-state index in [1.54, 1.807) is 17.5 Å². The maximum absolute atomic E-state index is 12.8. The van der Waals surface area contributed by atoms with Crippen LogP contribution in [0.15, 0.2) is 36.7 Å². The zero-order valence-electron chi connectivity index (χ0n) is 13.5. The molecule has 0 aliphatic carbocycles. The Hall–Kier alpha value is -2.41. The summed E-state index contributed by atoms with van der Waals surface area (Å²) in [5.74, 6) is -0.0114. The number of nitrogens with one attached hydrogen (secondary N) is 1. The van der Waals surface area contributed by atoms with E-state index in [2.05, 4.69) is 34.4 Å². The minimum Gasteiger partial charge on any atom is -0.335 e. The van der Waals surface area contributed by atoms with Crippen molar-refractivity contribution in [2.45, 2.75) is 25.8 Å². The molecule has 7 heteroatoms. The number of carbonyl (C=O) groups excluding carboxylic acids is 1. The summed E-state index contributed by atoms with van der Waals surface area (Å²) in [4.78, 5) is 17.0. The third kappa shape index (κ3) is 2.87. The van der Waals surface area contributed by atoms with Crippen LogP contribution >= 0.6 is 11.3 Å². The SMILES string of the molecule is Cc1ccc(-c2cc(C(=O)N3CCC[C@H](n4cccn4)C3)n[nH]2)s1. The van der Waals surface area contributed by atoms with Crippen LogP contribution in [0, 0.1) is 6.92 Å². The Morgan fingerprint density at radius 2 is 2.33 bits per heavy atom. The third-order valence-corrected chi connectivity index (χ3v) is 5.42. The first-order chi connectivity index (χ1) is 11.7. The van der Waals surface area contributed by atoms with Crippen molar-refractivity contribution in [3.63, 3.8) is 0 Å². The van der Waals surface area contributed by atoms with Crippen molar-refractivity contribution in [1.82, 2.24) is 24.9 Å². The van der Waals surface area contributed by atoms with E-state index in [1.807, 2.05) is 27.9 Å². The predicted molar refractivity (Wildman–Crippen MR) is 93.0 cm³/mol. The zero-order valence-corrected chi connectivity index (χ0v) is 14.3. The van der Waals surface area contributed by atoms with Gasteiger partial charge in [0.2, 0.25) is 0 Å². The van der Waals surface area contributed by atoms with Crippen LogP contribution in [0.25, 0.3) is 10.6 Å². The van der Waals surface area contributed by atoms with Gasteiger partial charge in [-0.1, -0.05) is 0 Å². The van der Waals surface area contributed by atoms with Crippen molar-refractivity contribution in [2.24, 2.45) is 0 Å². The lowest BCUT2D eigenvalue weighted by Gasteiger charge is -2.32. The lowest BCUT2D eigenvalue weighted by Crippen LogP contribution is -2.41. The van der Waals surface area contributed by atoms with Crippen molar-refractivity contribution >= 4 is 17.2 Å². The standard InChI is InChI=1S/C17H19N5OS/c1-12-5-6-16(24-12)14-10-15(20-19-14)17(23)21-8-2-4-13(11-21)22-9-3-7-18-22/h3,5-7,9-10,13H,2,4,8,11H2,1H3,(H,19,20)/t13-/m0/s1. The molecular formula is C17H19N5OS. The molecule has 0 saturated carbocycles. The minimum absolute atomic E-state index is 0.0114. The van der Waals surface area contributed by atoms with Crippen LogP contribution in [-0.4, -0.2) is 43.9 Å². The molecule has 0 aromatic carbocycles. The Morgan fingerprint density at radius 1 is 1.42 bits per heavy atom. The average molecular weight is 341 g/mol. The van der Waals surface area contributed by atoms with Crippen LogP contribution in [0.3, 0.4) is 0 Å². The molecule has 124 valence electrons. The van der Waals surface area contributed by atoms with Crippen LogP contribution in [0.1, 0.15) is 34.2 Å². The molecule has 1 aliphatic rings. The average Bonchev–Trinajstić information content (AvgIpc) is 3.35. The van der Waals surface area contributed by atoms with Gasteiger partial charge >= 0.3 is 0 Å². The first-order valence-corrected chi connectivity index (χ1v) is 8.93. The van der Waals surface area contributed by atoms with Crippen molar-refractivity contribution in [2.75, 3.05) is 13.1 Å². The number of likely N-dealkylation sites (tertiary alicyclic amines) is 1. The lowest BCUT2D eigenvalue weighted by molar-refractivity contribution is 0.0667. The van der Waals surface area contributed by atoms with E-state index in [0.717, 1.165) is 30.0 Å². The highest BCUT2D eigenvalue weighted by Crippen LogP contribution is 2.27. The van der Waals surface area contributed by atoms with Gasteiger partial charge in [-0.15, -0.1) is 11.3 Å². The van der Waals surface area contributed by atoms with Crippen molar-refractivity contribution in [3.8, 4) is 10.6 Å². The van der Waals surface area contributed by atoms with E-state index in [0.29, 0.717) is 12.2 Å². The fraction of sp³-hybridized carbons (Fsp3) is 0.353. The number of thiophene rings is 1. The van der Waals surface area contributed by atoms with Gasteiger partial charge in [0, 0.05) is 30.4 Å². The highest BCUT2D eigenvalue weighted by Gasteiger charge is 2.27. The normalized spacial score (nSPS) is 18.0. The van der Waals surface area contributed by atoms with E-state index in [1.165, 1.54) is 4.88 Å². The Bertz CT molecular complexity index is 835. The first-order valence-electron chi connectivity index (χ1n) is 8.11. The van der Waals surface area contributed by atoms with Gasteiger partial charge in [-0.2, -0.15) is 10.2 Å². The van der Waals surface area contributed by atoms with Gasteiger partial charge in [-0.3, -0.25) is 14.6 Å². The van der Waals surface area contributed by atoms with Crippen LogP contribution in [0.2, 0.25) is 0 Å². The molecular weight excluding hydrogens is 322 g/mol. The molecule has 1 N–H and O–H groups in total. The molecule has 1 fully saturated rings. The van der Waals surface area contributed by atoms with E-state index in [4.69, 9.17) is 0 Å². The Labute approximate surface area is 144 Å². The number of piperidine rings is 1. The lowest BCUT2D eigenvalue weighted by atomic mass is 10.1. The summed E-state index contributed by atoms with van der Waals surface area (Å²) in [7, 11) is 0. The molecule has 6 nitrogen and oxygen atoms in total. The molecule has 1 aliphatic heterocycles. The van der Waals surface area contributed by atoms with Crippen molar-refractivity contribution in [3.05, 3.63) is 47.2 Å². The van der Waals surface area contributed by atoms with Gasteiger partial charge in [-0.05, 0) is 44.0 Å². The van der Waals surface area contributed by atoms with Gasteiger partial charge in [0.15, 0.2) is 5.69 Å². The smallest absolute Gasteiger partial charge is 0.274 e. The van der Waals surface area contributed by atoms with Crippen LogP contribution in [0.4, 0.5) is 0 Å². The number of carbonyl (C=O) groups is 1. The van der Waals surface area contributed by atoms with Crippen LogP contribution < -0.4 is 0 Å². The monoisotopic (exact) mass is 341 g/mol. The molecule has 0 spiro atoms. The van der Waals surface area contributed by atoms with Gasteiger partial charge in [0.25, 0.3) is 5.91 Å². The summed E-state index contributed by atoms with van der Waals surface area (Å²) >= 11 is 1.69. The van der Waals surface area contributed by atoms with Gasteiger partial charge in [-0.25, -0.2) is 0 Å². The fourth-order valence-corrected chi connectivity index (χ4v) is 3.98. The topological polar surface area (TPSA) is 66.8 Å². The molecule has 4 heterocycles. The summed E-state index contributed by atoms with van der Waals surface area (Å²) in [6.45, 7) is 3.53. The number of hydrogen-bond donors (Lipinski definition) is 1. The summed E-state index contributed by atoms with van der Waals surface area (Å²) in [5, 5.41) is 11.5. The van der Waals surface area contributed by atoms with Crippen LogP contribution in [-0.2, 0) is 0 Å². The van der Waals surface area contributed by atoms with E-state index >= 15 is 0 Å². The molecule has 0 bridgehead atoms. The summed E-state index contributed by atoms with van der Waals surface area (Å²) in [6, 6.07) is 8.14. The quantitative estimate of drug-likeness (QED) is 0.796. The maximum atomic E-state index is 12.8. The largest absolute Gasteiger partial charge is 0.335 e. The molecule has 4 rings (SSSR count). The second-order valence-corrected chi connectivity index (χ2v) is 7.40. The van der Waals surface area contributed by atoms with Gasteiger partial charge in [0.1, 0.15) is 0 Å². The number of amides is 1. The fourth-order valence-electron chi connectivity index (χ4n) is 3.15. The zero-order chi connectivity index (χ0) is 16.5. The van der Waals surface area contributed by atoms with Crippen molar-refractivity contribution in [1.29, 1.82) is 0 Å². The summed E-state index contributed by atoms with van der Waals surface area (Å²) < 4.78 is 1.95. The number of aryl methyl sites for hydroxylation is 1. The van der Waals surface area contributed by atoms with E-state index in [9.17, 15) is 4.79 Å². The Balaban J connectivity index is 1.50. The van der Waals surface area contributed by atoms with Gasteiger partial charge < -0.3 is 4.90 Å². The maximum Gasteiger partial charge on any atom is 0.274 e. The Kier molecular flexibility index (Phi) is 3.93. The number of H-pyrrole nitrogens is 1. The number of hydrogen-bond acceptors (Lipinski definition) is 4. The molecule has 0 radical (unpaired) electrons.